The van der Waals surface area contributed by atoms with Crippen LogP contribution in [0.5, 0.6) is 0 Å². The van der Waals surface area contributed by atoms with Gasteiger partial charge < -0.3 is 10.2 Å². The van der Waals surface area contributed by atoms with Gasteiger partial charge in [0.15, 0.2) is 0 Å². The predicted molar refractivity (Wildman–Crippen MR) is 36.1 cm³/mol. The summed E-state index contributed by atoms with van der Waals surface area (Å²) in [6, 6.07) is 0. The first kappa shape index (κ1) is 8.04. The number of carbonyl (C=O) groups is 2. The van der Waals surface area contributed by atoms with Gasteiger partial charge in [-0.05, 0) is 20.3 Å². The van der Waals surface area contributed by atoms with Crippen molar-refractivity contribution in [1.29, 1.82) is 0 Å². The number of aliphatic carboxylic acids is 2. The van der Waals surface area contributed by atoms with Crippen molar-refractivity contribution in [3.63, 3.8) is 0 Å². The number of rotatable bonds is 2. The number of carboxylic acids is 2. The molecule has 1 aliphatic carbocycles. The summed E-state index contributed by atoms with van der Waals surface area (Å²) in [5, 5.41) is 17.3. The SMILES string of the molecule is C[C@]1(C(=O)O)C[C@]1(C)C(=O)O. The summed E-state index contributed by atoms with van der Waals surface area (Å²) in [5.74, 6) is -2.05. The smallest absolute Gasteiger partial charge is 0.310 e. The second kappa shape index (κ2) is 1.75. The van der Waals surface area contributed by atoms with Gasteiger partial charge in [0, 0.05) is 0 Å². The molecule has 2 N–H and O–H groups in total. The fourth-order valence-corrected chi connectivity index (χ4v) is 1.29. The standard InChI is InChI=1S/C7H10O4/c1-6(4(8)9)3-7(6,2)5(10)11/h3H2,1-2H3,(H,8,9)(H,10,11)/t6-,7-/m1/s1. The van der Waals surface area contributed by atoms with E-state index >= 15 is 0 Å². The van der Waals surface area contributed by atoms with E-state index in [4.69, 9.17) is 10.2 Å². The van der Waals surface area contributed by atoms with E-state index < -0.39 is 22.8 Å². The van der Waals surface area contributed by atoms with Crippen LogP contribution in [0.1, 0.15) is 20.3 Å². The van der Waals surface area contributed by atoms with Gasteiger partial charge in [-0.15, -0.1) is 0 Å². The Hall–Kier alpha value is -1.06. The molecule has 0 heterocycles. The minimum absolute atomic E-state index is 0.227. The molecule has 1 saturated carbocycles. The molecule has 1 rings (SSSR count). The molecule has 1 aliphatic rings. The topological polar surface area (TPSA) is 74.6 Å². The summed E-state index contributed by atoms with van der Waals surface area (Å²) >= 11 is 0. The zero-order chi connectivity index (χ0) is 8.86. The molecule has 0 aromatic carbocycles. The van der Waals surface area contributed by atoms with Crippen molar-refractivity contribution in [2.45, 2.75) is 20.3 Å². The summed E-state index contributed by atoms with van der Waals surface area (Å²) in [4.78, 5) is 21.1. The average molecular weight is 158 g/mol. The Morgan fingerprint density at radius 3 is 1.45 bits per heavy atom. The molecule has 0 amide bonds. The van der Waals surface area contributed by atoms with Gasteiger partial charge in [0.2, 0.25) is 0 Å². The van der Waals surface area contributed by atoms with Crippen LogP contribution in [-0.4, -0.2) is 22.2 Å². The first-order chi connectivity index (χ1) is 4.84. The third-order valence-electron chi connectivity index (χ3n) is 2.74. The van der Waals surface area contributed by atoms with Crippen molar-refractivity contribution >= 4 is 11.9 Å². The summed E-state index contributed by atoms with van der Waals surface area (Å²) in [5.41, 5.74) is -2.11. The molecule has 2 atom stereocenters. The lowest BCUT2D eigenvalue weighted by Crippen LogP contribution is -2.24. The molecule has 0 aliphatic heterocycles. The van der Waals surface area contributed by atoms with E-state index in [0.717, 1.165) is 0 Å². The molecule has 11 heavy (non-hydrogen) atoms. The van der Waals surface area contributed by atoms with Crippen molar-refractivity contribution in [1.82, 2.24) is 0 Å². The van der Waals surface area contributed by atoms with E-state index in [1.54, 1.807) is 0 Å². The Morgan fingerprint density at radius 1 is 1.09 bits per heavy atom. The van der Waals surface area contributed by atoms with Gasteiger partial charge >= 0.3 is 11.9 Å². The van der Waals surface area contributed by atoms with Crippen LogP contribution in [0.2, 0.25) is 0 Å². The van der Waals surface area contributed by atoms with Crippen molar-refractivity contribution < 1.29 is 19.8 Å². The van der Waals surface area contributed by atoms with Crippen LogP contribution in [0.15, 0.2) is 0 Å². The Labute approximate surface area is 63.8 Å². The van der Waals surface area contributed by atoms with E-state index in [-0.39, 0.29) is 6.42 Å². The van der Waals surface area contributed by atoms with Gasteiger partial charge in [0.05, 0.1) is 10.8 Å². The monoisotopic (exact) mass is 158 g/mol. The molecule has 0 bridgehead atoms. The maximum absolute atomic E-state index is 10.5. The molecule has 0 aromatic heterocycles. The lowest BCUT2D eigenvalue weighted by molar-refractivity contribution is -0.152. The Morgan fingerprint density at radius 2 is 1.36 bits per heavy atom. The van der Waals surface area contributed by atoms with Crippen LogP contribution in [0.4, 0.5) is 0 Å². The molecule has 0 spiro atoms. The van der Waals surface area contributed by atoms with Gasteiger partial charge in [-0.2, -0.15) is 0 Å². The van der Waals surface area contributed by atoms with Crippen LogP contribution in [0.3, 0.4) is 0 Å². The van der Waals surface area contributed by atoms with Crippen molar-refractivity contribution in [3.8, 4) is 0 Å². The molecular formula is C7H10O4. The van der Waals surface area contributed by atoms with Gasteiger partial charge in [0.1, 0.15) is 0 Å². The van der Waals surface area contributed by atoms with Gasteiger partial charge in [-0.25, -0.2) is 0 Å². The zero-order valence-electron chi connectivity index (χ0n) is 6.42. The lowest BCUT2D eigenvalue weighted by atomic mass is 9.97. The quantitative estimate of drug-likeness (QED) is 0.616. The van der Waals surface area contributed by atoms with Crippen LogP contribution in [-0.2, 0) is 9.59 Å². The number of hydrogen-bond donors (Lipinski definition) is 2. The zero-order valence-corrected chi connectivity index (χ0v) is 6.42. The van der Waals surface area contributed by atoms with E-state index in [9.17, 15) is 9.59 Å². The molecular weight excluding hydrogens is 148 g/mol. The second-order valence-electron chi connectivity index (χ2n) is 3.45. The van der Waals surface area contributed by atoms with Crippen molar-refractivity contribution in [2.75, 3.05) is 0 Å². The highest BCUT2D eigenvalue weighted by molar-refractivity contribution is 5.92. The minimum Gasteiger partial charge on any atom is -0.481 e. The molecule has 0 aromatic rings. The third kappa shape index (κ3) is 0.751. The molecule has 4 heteroatoms. The molecule has 4 nitrogen and oxygen atoms in total. The molecule has 0 radical (unpaired) electrons. The minimum atomic E-state index is -1.06. The molecule has 62 valence electrons. The second-order valence-corrected chi connectivity index (χ2v) is 3.45. The fraction of sp³-hybridized carbons (Fsp3) is 0.714. The summed E-state index contributed by atoms with van der Waals surface area (Å²) < 4.78 is 0. The summed E-state index contributed by atoms with van der Waals surface area (Å²) in [6.45, 7) is 2.92. The van der Waals surface area contributed by atoms with Gasteiger partial charge in [0.25, 0.3) is 0 Å². The molecule has 1 fully saturated rings. The van der Waals surface area contributed by atoms with E-state index in [2.05, 4.69) is 0 Å². The lowest BCUT2D eigenvalue weighted by Gasteiger charge is -2.08. The largest absolute Gasteiger partial charge is 0.481 e. The van der Waals surface area contributed by atoms with Gasteiger partial charge in [-0.1, -0.05) is 0 Å². The van der Waals surface area contributed by atoms with Crippen molar-refractivity contribution in [3.05, 3.63) is 0 Å². The first-order valence-corrected chi connectivity index (χ1v) is 3.31. The normalized spacial score (nSPS) is 41.6. The van der Waals surface area contributed by atoms with E-state index in [1.807, 2.05) is 0 Å². The molecule has 0 saturated heterocycles. The summed E-state index contributed by atoms with van der Waals surface area (Å²) in [6.07, 6.45) is 0.227. The third-order valence-corrected chi connectivity index (χ3v) is 2.74. The maximum atomic E-state index is 10.5. The average Bonchev–Trinajstić information content (AvgIpc) is 2.39. The molecule has 0 unspecified atom stereocenters. The Kier molecular flexibility index (Phi) is 1.28. The van der Waals surface area contributed by atoms with Crippen LogP contribution in [0.25, 0.3) is 0 Å². The number of carboxylic acid groups (broad SMARTS) is 2. The van der Waals surface area contributed by atoms with E-state index in [0.29, 0.717) is 0 Å². The van der Waals surface area contributed by atoms with Gasteiger partial charge in [-0.3, -0.25) is 9.59 Å². The van der Waals surface area contributed by atoms with Crippen LogP contribution < -0.4 is 0 Å². The number of hydrogen-bond acceptors (Lipinski definition) is 2. The Balaban J connectivity index is 2.87. The fourth-order valence-electron chi connectivity index (χ4n) is 1.29. The highest BCUT2D eigenvalue weighted by Gasteiger charge is 2.71. The van der Waals surface area contributed by atoms with Crippen LogP contribution in [0, 0.1) is 10.8 Å². The maximum Gasteiger partial charge on any atom is 0.310 e. The Bertz CT molecular complexity index is 211. The van der Waals surface area contributed by atoms with Crippen LogP contribution >= 0.6 is 0 Å². The predicted octanol–water partition coefficient (Wildman–Crippen LogP) is 0.572. The highest BCUT2D eigenvalue weighted by Crippen LogP contribution is 2.63. The first-order valence-electron chi connectivity index (χ1n) is 3.31. The summed E-state index contributed by atoms with van der Waals surface area (Å²) in [7, 11) is 0. The van der Waals surface area contributed by atoms with E-state index in [1.165, 1.54) is 13.8 Å². The highest BCUT2D eigenvalue weighted by atomic mass is 16.4. The van der Waals surface area contributed by atoms with Crippen molar-refractivity contribution in [2.24, 2.45) is 10.8 Å².